The van der Waals surface area contributed by atoms with E-state index < -0.39 is 6.36 Å². The highest BCUT2D eigenvalue weighted by molar-refractivity contribution is 5.94. The predicted molar refractivity (Wildman–Crippen MR) is 115 cm³/mol. The first-order valence-corrected chi connectivity index (χ1v) is 11.2. The fourth-order valence-corrected chi connectivity index (χ4v) is 4.07. The second-order valence-electron chi connectivity index (χ2n) is 8.23. The number of piperidine rings is 1. The molecule has 1 saturated carbocycles. The van der Waals surface area contributed by atoms with Gasteiger partial charge in [0.25, 0.3) is 5.91 Å². The predicted octanol–water partition coefficient (Wildman–Crippen LogP) is 4.27. The molecular weight excluding hydrogens is 453 g/mol. The zero-order valence-electron chi connectivity index (χ0n) is 18.6. The van der Waals surface area contributed by atoms with E-state index in [1.165, 1.54) is 36.7 Å². The fourth-order valence-electron chi connectivity index (χ4n) is 4.07. The van der Waals surface area contributed by atoms with E-state index in [1.807, 2.05) is 4.90 Å². The van der Waals surface area contributed by atoms with Crippen LogP contribution in [0.15, 0.2) is 36.7 Å². The van der Waals surface area contributed by atoms with Crippen LogP contribution in [0.5, 0.6) is 5.75 Å². The summed E-state index contributed by atoms with van der Waals surface area (Å²) in [6.45, 7) is 3.16. The molecule has 2 aliphatic rings. The molecule has 8 nitrogen and oxygen atoms in total. The van der Waals surface area contributed by atoms with Gasteiger partial charge in [-0.25, -0.2) is 14.8 Å². The molecule has 1 aromatic carbocycles. The van der Waals surface area contributed by atoms with E-state index in [2.05, 4.69) is 14.7 Å². The van der Waals surface area contributed by atoms with Crippen molar-refractivity contribution in [2.45, 2.75) is 51.1 Å². The molecule has 2 fully saturated rings. The van der Waals surface area contributed by atoms with Crippen LogP contribution < -0.4 is 4.74 Å². The van der Waals surface area contributed by atoms with E-state index in [9.17, 15) is 22.8 Å². The summed E-state index contributed by atoms with van der Waals surface area (Å²) in [5.41, 5.74) is 0.847. The molecule has 1 aliphatic carbocycles. The number of hydrogen-bond acceptors (Lipinski definition) is 6. The summed E-state index contributed by atoms with van der Waals surface area (Å²) >= 11 is 0. The molecule has 4 rings (SSSR count). The molecule has 0 bridgehead atoms. The second-order valence-corrected chi connectivity index (χ2v) is 8.23. The Kier molecular flexibility index (Phi) is 6.90. The quantitative estimate of drug-likeness (QED) is 0.617. The molecule has 1 aliphatic heterocycles. The number of aromatic nitrogens is 2. The van der Waals surface area contributed by atoms with Crippen LogP contribution in [0.1, 0.15) is 43.0 Å². The topological polar surface area (TPSA) is 84.9 Å². The number of alkyl halides is 3. The summed E-state index contributed by atoms with van der Waals surface area (Å²) in [7, 11) is 0. The Hall–Kier alpha value is -3.37. The minimum absolute atomic E-state index is 0.0199. The van der Waals surface area contributed by atoms with Gasteiger partial charge in [-0.15, -0.1) is 13.2 Å². The molecule has 2 amide bonds. The molecule has 1 saturated heterocycles. The summed E-state index contributed by atoms with van der Waals surface area (Å²) in [5.74, 6) is -0.203. The number of rotatable bonds is 6. The lowest BCUT2D eigenvalue weighted by atomic mass is 10.0. The normalized spacial score (nSPS) is 16.8. The maximum Gasteiger partial charge on any atom is 0.573 e. The number of hydrogen-bond donors (Lipinski definition) is 0. The average molecular weight is 478 g/mol. The van der Waals surface area contributed by atoms with Crippen molar-refractivity contribution >= 4 is 12.0 Å². The Morgan fingerprint density at radius 3 is 2.15 bits per heavy atom. The van der Waals surface area contributed by atoms with E-state index in [4.69, 9.17) is 4.74 Å². The van der Waals surface area contributed by atoms with Crippen LogP contribution in [0, 0.1) is 0 Å². The van der Waals surface area contributed by atoms with Gasteiger partial charge in [0, 0.05) is 43.1 Å². The first kappa shape index (κ1) is 23.8. The number of amides is 2. The Labute approximate surface area is 194 Å². The number of carbonyl (C=O) groups is 2. The van der Waals surface area contributed by atoms with Crippen molar-refractivity contribution in [2.24, 2.45) is 0 Å². The smallest absolute Gasteiger partial charge is 0.450 e. The van der Waals surface area contributed by atoms with E-state index in [-0.39, 0.29) is 35.7 Å². The summed E-state index contributed by atoms with van der Waals surface area (Å²) in [5, 5.41) is 0. The third-order valence-corrected chi connectivity index (χ3v) is 5.80. The molecule has 1 aromatic heterocycles. The average Bonchev–Trinajstić information content (AvgIpc) is 3.64. The van der Waals surface area contributed by atoms with Crippen LogP contribution in [-0.4, -0.2) is 69.9 Å². The molecule has 2 heterocycles. The number of halogens is 3. The van der Waals surface area contributed by atoms with Gasteiger partial charge >= 0.3 is 12.5 Å². The van der Waals surface area contributed by atoms with Gasteiger partial charge < -0.3 is 19.3 Å². The van der Waals surface area contributed by atoms with Crippen molar-refractivity contribution in [3.63, 3.8) is 0 Å². The monoisotopic (exact) mass is 478 g/mol. The number of nitrogens with zero attached hydrogens (tertiary/aromatic N) is 4. The van der Waals surface area contributed by atoms with Crippen molar-refractivity contribution in [1.29, 1.82) is 0 Å². The Balaban J connectivity index is 1.41. The first-order valence-electron chi connectivity index (χ1n) is 11.2. The van der Waals surface area contributed by atoms with Gasteiger partial charge in [-0.2, -0.15) is 0 Å². The Morgan fingerprint density at radius 2 is 1.62 bits per heavy atom. The molecule has 0 spiro atoms. The van der Waals surface area contributed by atoms with Gasteiger partial charge in [-0.05, 0) is 56.9 Å². The van der Waals surface area contributed by atoms with Crippen LogP contribution in [0.25, 0.3) is 11.4 Å². The minimum Gasteiger partial charge on any atom is -0.450 e. The van der Waals surface area contributed by atoms with Crippen LogP contribution >= 0.6 is 0 Å². The maximum atomic E-state index is 13.3. The highest BCUT2D eigenvalue weighted by Crippen LogP contribution is 2.33. The summed E-state index contributed by atoms with van der Waals surface area (Å²) in [6, 6.07) is 5.40. The molecule has 2 aromatic rings. The molecule has 11 heteroatoms. The van der Waals surface area contributed by atoms with E-state index >= 15 is 0 Å². The van der Waals surface area contributed by atoms with E-state index in [0.29, 0.717) is 43.7 Å². The highest BCUT2D eigenvalue weighted by atomic mass is 19.4. The largest absolute Gasteiger partial charge is 0.573 e. The number of ether oxygens (including phenoxy) is 2. The van der Waals surface area contributed by atoms with Crippen LogP contribution in [0.4, 0.5) is 18.0 Å². The number of carbonyl (C=O) groups excluding carboxylic acids is 2. The van der Waals surface area contributed by atoms with Crippen molar-refractivity contribution in [3.8, 4) is 17.1 Å². The van der Waals surface area contributed by atoms with Gasteiger partial charge in [-0.1, -0.05) is 0 Å². The van der Waals surface area contributed by atoms with Crippen molar-refractivity contribution < 1.29 is 32.2 Å². The fraction of sp³-hybridized carbons (Fsp3) is 0.478. The number of benzene rings is 1. The summed E-state index contributed by atoms with van der Waals surface area (Å²) in [4.78, 5) is 37.3. The highest BCUT2D eigenvalue weighted by Gasteiger charge is 2.39. The van der Waals surface area contributed by atoms with Gasteiger partial charge in [0.15, 0.2) is 5.82 Å². The maximum absolute atomic E-state index is 13.3. The molecule has 34 heavy (non-hydrogen) atoms. The number of likely N-dealkylation sites (tertiary alicyclic amines) is 1. The van der Waals surface area contributed by atoms with Crippen molar-refractivity contribution in [3.05, 3.63) is 42.2 Å². The standard InChI is InChI=1S/C23H25F3N4O4/c1-2-33-22(32)29-11-9-18(10-12-29)30(17-5-6-17)21(31)16-13-27-20(28-14-16)15-3-7-19(8-4-15)34-23(24,25)26/h3-4,7-8,13-14,17-18H,2,5-6,9-12H2,1H3. The van der Waals surface area contributed by atoms with Gasteiger partial charge in [-0.3, -0.25) is 4.79 Å². The second kappa shape index (κ2) is 9.86. The Morgan fingerprint density at radius 1 is 1.03 bits per heavy atom. The summed E-state index contributed by atoms with van der Waals surface area (Å²) < 4.78 is 45.9. The lowest BCUT2D eigenvalue weighted by Crippen LogP contribution is -2.49. The third kappa shape index (κ3) is 5.75. The lowest BCUT2D eigenvalue weighted by Gasteiger charge is -2.38. The zero-order valence-corrected chi connectivity index (χ0v) is 18.6. The van der Waals surface area contributed by atoms with Gasteiger partial charge in [0.1, 0.15) is 5.75 Å². The minimum atomic E-state index is -4.76. The van der Waals surface area contributed by atoms with Crippen molar-refractivity contribution in [1.82, 2.24) is 19.8 Å². The lowest BCUT2D eigenvalue weighted by molar-refractivity contribution is -0.274. The van der Waals surface area contributed by atoms with E-state index in [0.717, 1.165) is 12.8 Å². The van der Waals surface area contributed by atoms with Gasteiger partial charge in [0.05, 0.1) is 12.2 Å². The first-order chi connectivity index (χ1) is 16.2. The zero-order chi connectivity index (χ0) is 24.3. The summed E-state index contributed by atoms with van der Waals surface area (Å²) in [6.07, 6.45) is 1.01. The molecule has 0 radical (unpaired) electrons. The molecule has 0 atom stereocenters. The van der Waals surface area contributed by atoms with Gasteiger partial charge in [0.2, 0.25) is 0 Å². The van der Waals surface area contributed by atoms with Crippen LogP contribution in [0.2, 0.25) is 0 Å². The van der Waals surface area contributed by atoms with Crippen LogP contribution in [0.3, 0.4) is 0 Å². The SMILES string of the molecule is CCOC(=O)N1CCC(N(C(=O)c2cnc(-c3ccc(OC(F)(F)F)cc3)nc2)C2CC2)CC1. The molecule has 182 valence electrons. The van der Waals surface area contributed by atoms with Crippen molar-refractivity contribution in [2.75, 3.05) is 19.7 Å². The Bertz CT molecular complexity index is 1000. The van der Waals surface area contributed by atoms with E-state index in [1.54, 1.807) is 11.8 Å². The molecular formula is C23H25F3N4O4. The molecule has 0 unspecified atom stereocenters. The third-order valence-electron chi connectivity index (χ3n) is 5.80. The molecule has 0 N–H and O–H groups in total. The van der Waals surface area contributed by atoms with Crippen LogP contribution in [-0.2, 0) is 4.74 Å².